The number of hydrogen-bond donors (Lipinski definition) is 2. The van der Waals surface area contributed by atoms with Crippen molar-refractivity contribution in [3.63, 3.8) is 0 Å². The molecular formula is C33H27Cl2FN2O3S. The number of nitrogens with zero attached hydrogens (tertiary/aromatic N) is 1. The molecule has 0 radical (unpaired) electrons. The maximum Gasteiger partial charge on any atom is 0.247 e. The lowest BCUT2D eigenvalue weighted by molar-refractivity contribution is 0.394. The Balaban J connectivity index is 1.50. The van der Waals surface area contributed by atoms with Gasteiger partial charge in [-0.2, -0.15) is 4.31 Å². The van der Waals surface area contributed by atoms with Crippen LogP contribution in [-0.2, 0) is 29.7 Å². The first-order valence-electron chi connectivity index (χ1n) is 13.1. The summed E-state index contributed by atoms with van der Waals surface area (Å²) in [5.74, 6) is -0.953. The lowest BCUT2D eigenvalue weighted by atomic mass is 10.0. The van der Waals surface area contributed by atoms with Crippen molar-refractivity contribution in [3.8, 4) is 16.9 Å². The summed E-state index contributed by atoms with van der Waals surface area (Å²) < 4.78 is 43.3. The fourth-order valence-electron chi connectivity index (χ4n) is 4.54. The molecule has 0 saturated heterocycles. The number of phenolic OH excluding ortho intramolecular Hbond substituents is 1. The minimum Gasteiger partial charge on any atom is -0.505 e. The SMILES string of the molecule is O=S(=O)(c1cc(CNc2ccccc2)cc(Cl)c1O)N(Cc1ccc(F)cc1)Cc1cccc(-c2ccc(Cl)cc2)c1. The Morgan fingerprint density at radius 2 is 1.40 bits per heavy atom. The smallest absolute Gasteiger partial charge is 0.247 e. The monoisotopic (exact) mass is 620 g/mol. The van der Waals surface area contributed by atoms with Crippen LogP contribution in [0.2, 0.25) is 10.0 Å². The molecule has 0 fully saturated rings. The largest absolute Gasteiger partial charge is 0.505 e. The van der Waals surface area contributed by atoms with E-state index in [0.717, 1.165) is 22.4 Å². The van der Waals surface area contributed by atoms with Crippen molar-refractivity contribution < 1.29 is 17.9 Å². The number of rotatable bonds is 10. The average molecular weight is 622 g/mol. The van der Waals surface area contributed by atoms with Crippen LogP contribution < -0.4 is 5.32 Å². The van der Waals surface area contributed by atoms with Crippen LogP contribution in [0.25, 0.3) is 11.1 Å². The van der Waals surface area contributed by atoms with Crippen molar-refractivity contribution in [2.75, 3.05) is 5.32 Å². The maximum absolute atomic E-state index is 14.2. The lowest BCUT2D eigenvalue weighted by Gasteiger charge is -2.24. The van der Waals surface area contributed by atoms with Gasteiger partial charge in [-0.1, -0.05) is 83.9 Å². The van der Waals surface area contributed by atoms with E-state index in [1.807, 2.05) is 66.7 Å². The van der Waals surface area contributed by atoms with Crippen LogP contribution in [0.15, 0.2) is 120 Å². The molecule has 5 rings (SSSR count). The molecule has 5 nitrogen and oxygen atoms in total. The number of benzene rings is 5. The molecule has 214 valence electrons. The second kappa shape index (κ2) is 13.0. The van der Waals surface area contributed by atoms with E-state index in [1.54, 1.807) is 12.1 Å². The number of para-hydroxylation sites is 1. The van der Waals surface area contributed by atoms with Crippen molar-refractivity contribution in [3.05, 3.63) is 148 Å². The summed E-state index contributed by atoms with van der Waals surface area (Å²) in [5.41, 5.74) is 4.55. The van der Waals surface area contributed by atoms with Crippen LogP contribution >= 0.6 is 23.2 Å². The molecule has 42 heavy (non-hydrogen) atoms. The van der Waals surface area contributed by atoms with E-state index in [4.69, 9.17) is 23.2 Å². The van der Waals surface area contributed by atoms with E-state index < -0.39 is 21.6 Å². The highest BCUT2D eigenvalue weighted by atomic mass is 35.5. The molecule has 0 spiro atoms. The van der Waals surface area contributed by atoms with Gasteiger partial charge < -0.3 is 10.4 Å². The molecule has 2 N–H and O–H groups in total. The van der Waals surface area contributed by atoms with Crippen LogP contribution in [0.5, 0.6) is 5.75 Å². The van der Waals surface area contributed by atoms with Gasteiger partial charge in [-0.3, -0.25) is 0 Å². The molecule has 0 aromatic heterocycles. The van der Waals surface area contributed by atoms with Gasteiger partial charge in [0.05, 0.1) is 5.02 Å². The van der Waals surface area contributed by atoms with Crippen molar-refractivity contribution >= 4 is 38.9 Å². The molecule has 9 heteroatoms. The minimum atomic E-state index is -4.29. The third-order valence-electron chi connectivity index (χ3n) is 6.71. The van der Waals surface area contributed by atoms with E-state index in [9.17, 15) is 17.9 Å². The molecule has 0 unspecified atom stereocenters. The summed E-state index contributed by atoms with van der Waals surface area (Å²) in [4.78, 5) is -0.309. The number of anilines is 1. The van der Waals surface area contributed by atoms with Crippen LogP contribution in [0.3, 0.4) is 0 Å². The highest BCUT2D eigenvalue weighted by Crippen LogP contribution is 2.36. The quantitative estimate of drug-likeness (QED) is 0.164. The average Bonchev–Trinajstić information content (AvgIpc) is 2.99. The zero-order chi connectivity index (χ0) is 29.7. The molecule has 0 heterocycles. The van der Waals surface area contributed by atoms with Gasteiger partial charge in [0.2, 0.25) is 10.0 Å². The Labute approximate surface area is 254 Å². The molecule has 0 aliphatic heterocycles. The first kappa shape index (κ1) is 29.6. The second-order valence-corrected chi connectivity index (χ2v) is 12.5. The maximum atomic E-state index is 14.2. The molecule has 5 aromatic carbocycles. The number of sulfonamides is 1. The number of nitrogens with one attached hydrogen (secondary N) is 1. The second-order valence-electron chi connectivity index (χ2n) is 9.75. The molecule has 0 aliphatic carbocycles. The van der Waals surface area contributed by atoms with Crippen molar-refractivity contribution in [1.29, 1.82) is 0 Å². The normalized spacial score (nSPS) is 11.5. The Morgan fingerprint density at radius 3 is 2.12 bits per heavy atom. The highest BCUT2D eigenvalue weighted by Gasteiger charge is 2.29. The van der Waals surface area contributed by atoms with Crippen molar-refractivity contribution in [2.45, 2.75) is 24.5 Å². The van der Waals surface area contributed by atoms with E-state index >= 15 is 0 Å². The zero-order valence-corrected chi connectivity index (χ0v) is 24.7. The fraction of sp³-hybridized carbons (Fsp3) is 0.0909. The Kier molecular flexibility index (Phi) is 9.14. The third kappa shape index (κ3) is 7.12. The zero-order valence-electron chi connectivity index (χ0n) is 22.3. The Bertz CT molecular complexity index is 1780. The van der Waals surface area contributed by atoms with E-state index in [2.05, 4.69) is 5.32 Å². The van der Waals surface area contributed by atoms with E-state index in [-0.39, 0.29) is 29.6 Å². The van der Waals surface area contributed by atoms with Gasteiger partial charge >= 0.3 is 0 Å². The lowest BCUT2D eigenvalue weighted by Crippen LogP contribution is -2.30. The first-order valence-corrected chi connectivity index (χ1v) is 15.3. The van der Waals surface area contributed by atoms with Crippen LogP contribution in [0, 0.1) is 5.82 Å². The predicted molar refractivity (Wildman–Crippen MR) is 167 cm³/mol. The molecule has 5 aromatic rings. The van der Waals surface area contributed by atoms with Crippen molar-refractivity contribution in [1.82, 2.24) is 4.31 Å². The number of halogens is 3. The summed E-state index contributed by atoms with van der Waals surface area (Å²) in [6.07, 6.45) is 0. The summed E-state index contributed by atoms with van der Waals surface area (Å²) >= 11 is 12.4. The summed E-state index contributed by atoms with van der Waals surface area (Å²) in [7, 11) is -4.29. The van der Waals surface area contributed by atoms with E-state index in [1.165, 1.54) is 40.7 Å². The van der Waals surface area contributed by atoms with Crippen LogP contribution in [0.4, 0.5) is 10.1 Å². The van der Waals surface area contributed by atoms with Gasteiger partial charge in [0.1, 0.15) is 10.7 Å². The Morgan fingerprint density at radius 1 is 0.714 bits per heavy atom. The molecule has 0 aliphatic rings. The molecule has 0 bridgehead atoms. The van der Waals surface area contributed by atoms with Gasteiger partial charge in [0.15, 0.2) is 5.75 Å². The van der Waals surface area contributed by atoms with E-state index in [0.29, 0.717) is 16.1 Å². The summed E-state index contributed by atoms with van der Waals surface area (Å²) in [6.45, 7) is 0.218. The predicted octanol–water partition coefficient (Wildman–Crippen LogP) is 8.51. The number of hydrogen-bond acceptors (Lipinski definition) is 4. The summed E-state index contributed by atoms with van der Waals surface area (Å²) in [6, 6.07) is 32.9. The standard InChI is InChI=1S/C33H27Cl2FN2O3S/c34-28-13-11-26(12-14-28)27-6-4-5-24(17-27)22-38(21-23-9-15-29(36)16-10-23)42(40,41)32-19-25(18-31(35)33(32)39)20-37-30-7-2-1-3-8-30/h1-19,37,39H,20-22H2. The highest BCUT2D eigenvalue weighted by molar-refractivity contribution is 7.89. The van der Waals surface area contributed by atoms with Gasteiger partial charge in [-0.15, -0.1) is 0 Å². The molecule has 0 saturated carbocycles. The molecule has 0 amide bonds. The minimum absolute atomic E-state index is 0.00923. The molecule has 0 atom stereocenters. The topological polar surface area (TPSA) is 69.6 Å². The fourth-order valence-corrected chi connectivity index (χ4v) is 6.53. The molecular weight excluding hydrogens is 594 g/mol. The van der Waals surface area contributed by atoms with Crippen LogP contribution in [-0.4, -0.2) is 17.8 Å². The van der Waals surface area contributed by atoms with Gasteiger partial charge in [-0.25, -0.2) is 12.8 Å². The summed E-state index contributed by atoms with van der Waals surface area (Å²) in [5, 5.41) is 14.6. The number of aromatic hydroxyl groups is 1. The van der Waals surface area contributed by atoms with Crippen LogP contribution in [0.1, 0.15) is 16.7 Å². The van der Waals surface area contributed by atoms with Gasteiger partial charge in [0.25, 0.3) is 0 Å². The van der Waals surface area contributed by atoms with Gasteiger partial charge in [-0.05, 0) is 82.4 Å². The number of phenols is 1. The first-order chi connectivity index (χ1) is 20.2. The third-order valence-corrected chi connectivity index (χ3v) is 9.06. The van der Waals surface area contributed by atoms with Crippen molar-refractivity contribution in [2.24, 2.45) is 0 Å². The van der Waals surface area contributed by atoms with Gasteiger partial charge in [0, 0.05) is 30.3 Å². The Hall–Kier alpha value is -3.88.